The first-order valence-electron chi connectivity index (χ1n) is 6.28. The van der Waals surface area contributed by atoms with E-state index in [9.17, 15) is 22.5 Å². The second-order valence-corrected chi connectivity index (χ2v) is 15.9. The van der Waals surface area contributed by atoms with Crippen LogP contribution in [0, 0.1) is 0 Å². The van der Waals surface area contributed by atoms with E-state index >= 15 is 0 Å². The highest BCUT2D eigenvalue weighted by molar-refractivity contribution is 7.91. The smallest absolute Gasteiger partial charge is 0.340 e. The predicted octanol–water partition coefficient (Wildman–Crippen LogP) is 7.68. The van der Waals surface area contributed by atoms with Crippen molar-refractivity contribution in [3.05, 3.63) is 9.52 Å². The molecule has 0 heterocycles. The Labute approximate surface area is 240 Å². The molecule has 0 rings (SSSR count). The molecule has 0 aromatic rings. The minimum absolute atomic E-state index is 0.651. The number of hydrogen-bond donors (Lipinski definition) is 2. The lowest BCUT2D eigenvalue weighted by Crippen LogP contribution is -2.73. The Morgan fingerprint density at radius 1 is 0.733 bits per heavy atom. The van der Waals surface area contributed by atoms with E-state index in [1.807, 2.05) is 0 Å². The molecule has 4 nitrogen and oxygen atoms in total. The Morgan fingerprint density at radius 3 is 1.33 bits per heavy atom. The molecule has 0 spiro atoms. The summed E-state index contributed by atoms with van der Waals surface area (Å²) in [7, 11) is -6.06. The van der Waals surface area contributed by atoms with Crippen molar-refractivity contribution in [1.82, 2.24) is 0 Å². The molecule has 3 unspecified atom stereocenters. The van der Waals surface area contributed by atoms with Gasteiger partial charge in [-0.3, -0.25) is 0 Å². The Balaban J connectivity index is 6.97. The fourth-order valence-corrected chi connectivity index (χ4v) is 6.41. The maximum absolute atomic E-state index is 13.6. The first-order chi connectivity index (χ1) is 12.6. The maximum Gasteiger partial charge on any atom is 0.340 e. The summed E-state index contributed by atoms with van der Waals surface area (Å²) >= 11 is 80.5. The molecule has 180 valence electrons. The lowest BCUT2D eigenvalue weighted by atomic mass is 9.90. The monoisotopic (exact) mass is 730 g/mol. The summed E-state index contributed by atoms with van der Waals surface area (Å²) in [5, 5.41) is 13.4. The Hall–Kier alpha value is 3.60. The summed E-state index contributed by atoms with van der Waals surface area (Å²) in [5.74, 6) is 0. The summed E-state index contributed by atoms with van der Waals surface area (Å²) in [4.78, 5) is -3.03. The zero-order chi connectivity index (χ0) is 25.2. The Bertz CT molecular complexity index is 815. The Kier molecular flexibility index (Phi) is 11.0. The van der Waals surface area contributed by atoms with Crippen LogP contribution in [0.5, 0.6) is 0 Å². The van der Waals surface area contributed by atoms with Crippen molar-refractivity contribution in [2.24, 2.45) is 0 Å². The van der Waals surface area contributed by atoms with Crippen LogP contribution in [-0.4, -0.2) is 50.3 Å². The summed E-state index contributed by atoms with van der Waals surface area (Å²) < 4.78 is 21.1. The van der Waals surface area contributed by atoms with Gasteiger partial charge in [0, 0.05) is 0 Å². The molecule has 2 N–H and O–H groups in total. The van der Waals surface area contributed by atoms with Crippen LogP contribution in [0.15, 0.2) is 9.52 Å². The normalized spacial score (nSPS) is 20.7. The molecule has 0 amide bonds. The van der Waals surface area contributed by atoms with Gasteiger partial charge >= 0.3 is 10.2 Å². The average molecular weight is 737 g/mol. The molecule has 0 aromatic heterocycles. The van der Waals surface area contributed by atoms with Gasteiger partial charge in [-0.2, -0.15) is 8.42 Å². The van der Waals surface area contributed by atoms with E-state index in [4.69, 9.17) is 162 Å². The molecule has 0 aromatic carbocycles. The van der Waals surface area contributed by atoms with Gasteiger partial charge in [0.05, 0.1) is 5.03 Å². The third-order valence-corrected chi connectivity index (χ3v) is 14.2. The van der Waals surface area contributed by atoms with Gasteiger partial charge in [0.25, 0.3) is 3.67 Å². The first kappa shape index (κ1) is 33.6. The van der Waals surface area contributed by atoms with Gasteiger partial charge in [-0.25, -0.2) is 0 Å². The zero-order valence-electron chi connectivity index (χ0n) is 13.3. The van der Waals surface area contributed by atoms with E-state index in [2.05, 4.69) is 0 Å². The molecule has 20 heteroatoms. The van der Waals surface area contributed by atoms with Crippen molar-refractivity contribution >= 4 is 173 Å². The van der Waals surface area contributed by atoms with E-state index < -0.39 is 51.4 Å². The number of halogens is 15. The third kappa shape index (κ3) is 5.04. The van der Waals surface area contributed by atoms with Crippen LogP contribution in [0.3, 0.4) is 0 Å². The van der Waals surface area contributed by atoms with Gasteiger partial charge in [0.15, 0.2) is 13.7 Å². The van der Waals surface area contributed by atoms with Gasteiger partial charge < -0.3 is 10.2 Å². The lowest BCUT2D eigenvalue weighted by Gasteiger charge is -2.54. The van der Waals surface area contributed by atoms with E-state index in [1.54, 1.807) is 0 Å². The number of hydrogen-bond acceptors (Lipinski definition) is 4. The quantitative estimate of drug-likeness (QED) is 0.198. The minimum atomic E-state index is -6.06. The van der Waals surface area contributed by atoms with Crippen molar-refractivity contribution in [3.63, 3.8) is 0 Å². The summed E-state index contributed by atoms with van der Waals surface area (Å²) in [5.41, 5.74) is 0. The van der Waals surface area contributed by atoms with Crippen molar-refractivity contribution in [2.45, 2.75) is 38.6 Å². The first-order valence-corrected chi connectivity index (χ1v) is 13.0. The molecule has 0 aliphatic carbocycles. The highest BCUT2D eigenvalue weighted by Gasteiger charge is 2.80. The van der Waals surface area contributed by atoms with Crippen molar-refractivity contribution in [3.8, 4) is 0 Å². The number of aliphatic hydroxyl groups is 2. The van der Waals surface area contributed by atoms with Crippen molar-refractivity contribution < 1.29 is 22.5 Å². The van der Waals surface area contributed by atoms with Crippen molar-refractivity contribution in [2.75, 3.05) is 0 Å². The van der Waals surface area contributed by atoms with E-state index in [0.717, 1.165) is 0 Å². The van der Waals surface area contributed by atoms with Crippen LogP contribution in [0.2, 0.25) is 0 Å². The molecule has 0 aliphatic rings. The predicted molar refractivity (Wildman–Crippen MR) is 128 cm³/mol. The largest absolute Gasteiger partial charge is 0.371 e. The SMILES string of the molecule is CC(Cl)(C(O)(Cl)C(Cl)(Cl)C(Cl)(Cl)C(Cl)(Cl)S(=O)(=O)F)C(Cl)(Cl)C(O)(Cl)C(Cl)=C(Cl)Cl. The van der Waals surface area contributed by atoms with E-state index in [1.165, 1.54) is 0 Å². The van der Waals surface area contributed by atoms with Crippen LogP contribution in [-0.2, 0) is 10.2 Å². The van der Waals surface area contributed by atoms with Crippen LogP contribution in [0.25, 0.3) is 0 Å². The molecule has 0 saturated carbocycles. The molecular weight excluding hydrogens is 732 g/mol. The van der Waals surface area contributed by atoms with Gasteiger partial charge in [-0.05, 0) is 6.92 Å². The van der Waals surface area contributed by atoms with E-state index in [0.29, 0.717) is 6.92 Å². The third-order valence-electron chi connectivity index (χ3n) is 3.57. The fraction of sp³-hybridized carbons (Fsp3) is 0.800. The number of rotatable bonds is 8. The molecular formula is C10H5Cl14FO4S. The maximum atomic E-state index is 13.6. The summed E-state index contributed by atoms with van der Waals surface area (Å²) in [6.45, 7) is 0.651. The van der Waals surface area contributed by atoms with Crippen molar-refractivity contribution in [1.29, 1.82) is 0 Å². The highest BCUT2D eigenvalue weighted by Crippen LogP contribution is 2.68. The molecule has 3 atom stereocenters. The second kappa shape index (κ2) is 9.81. The van der Waals surface area contributed by atoms with Gasteiger partial charge in [-0.15, -0.1) is 15.5 Å². The van der Waals surface area contributed by atoms with Crippen LogP contribution < -0.4 is 0 Å². The molecule has 0 aliphatic heterocycles. The lowest BCUT2D eigenvalue weighted by molar-refractivity contribution is 0.0285. The number of alkyl halides is 11. The van der Waals surface area contributed by atoms with Gasteiger partial charge in [-0.1, -0.05) is 151 Å². The molecule has 0 saturated heterocycles. The molecule has 30 heavy (non-hydrogen) atoms. The zero-order valence-corrected chi connectivity index (χ0v) is 24.7. The second-order valence-electron chi connectivity index (χ2n) is 5.50. The minimum Gasteiger partial charge on any atom is -0.371 e. The van der Waals surface area contributed by atoms with Crippen LogP contribution in [0.1, 0.15) is 6.92 Å². The Morgan fingerprint density at radius 2 is 1.07 bits per heavy atom. The van der Waals surface area contributed by atoms with Crippen LogP contribution >= 0.6 is 162 Å². The molecule has 0 fully saturated rings. The van der Waals surface area contributed by atoms with Crippen LogP contribution in [0.4, 0.5) is 3.89 Å². The van der Waals surface area contributed by atoms with Gasteiger partial charge in [0.2, 0.25) is 9.39 Å². The highest BCUT2D eigenvalue weighted by atomic mass is 35.6. The average Bonchev–Trinajstić information content (AvgIpc) is 2.51. The summed E-state index contributed by atoms with van der Waals surface area (Å²) in [6.07, 6.45) is 0. The topological polar surface area (TPSA) is 74.6 Å². The standard InChI is InChI=1S/C10H5Cl14FO4S/c1-4(14,6(16,17)5(15,26)2(11)3(12)13)9(22,27)7(18,19)8(20,21)10(23,24)30(25,28)29/h26-27H,1H3. The fourth-order valence-electron chi connectivity index (χ4n) is 1.62. The molecule has 0 radical (unpaired) electrons. The van der Waals surface area contributed by atoms with Gasteiger partial charge in [0.1, 0.15) is 9.37 Å². The van der Waals surface area contributed by atoms with E-state index in [-0.39, 0.29) is 0 Å². The molecule has 0 bridgehead atoms. The summed E-state index contributed by atoms with van der Waals surface area (Å²) in [6, 6.07) is 0.